The second-order valence-electron chi connectivity index (χ2n) is 15.3. The minimum absolute atomic E-state index is 0.0255. The van der Waals surface area contributed by atoms with Crippen molar-refractivity contribution < 1.29 is 28.6 Å². The molecule has 0 saturated heterocycles. The first-order valence-corrected chi connectivity index (χ1v) is 20.0. The Labute approximate surface area is 349 Å². The molecule has 9 nitrogen and oxygen atoms in total. The molecular formula is C49H46ClN3O6. The summed E-state index contributed by atoms with van der Waals surface area (Å²) in [7, 11) is 0. The van der Waals surface area contributed by atoms with Crippen LogP contribution >= 0.6 is 11.6 Å². The lowest BCUT2D eigenvalue weighted by atomic mass is 9.93. The van der Waals surface area contributed by atoms with Gasteiger partial charge in [0, 0.05) is 47.6 Å². The molecule has 7 rings (SSSR count). The van der Waals surface area contributed by atoms with Gasteiger partial charge < -0.3 is 30.2 Å². The molecule has 6 aromatic carbocycles. The second kappa shape index (κ2) is 17.9. The number of rotatable bonds is 12. The highest BCUT2D eigenvalue weighted by Crippen LogP contribution is 2.44. The molecule has 300 valence electrons. The molecule has 3 amide bonds. The smallest absolute Gasteiger partial charge is 0.409 e. The van der Waals surface area contributed by atoms with Crippen LogP contribution in [0.2, 0.25) is 5.02 Å². The molecule has 0 heterocycles. The fourth-order valence-electron chi connectivity index (χ4n) is 7.19. The molecule has 1 aliphatic carbocycles. The monoisotopic (exact) mass is 807 g/mol. The van der Waals surface area contributed by atoms with Crippen LogP contribution in [0.3, 0.4) is 0 Å². The summed E-state index contributed by atoms with van der Waals surface area (Å²) in [5, 5.41) is 9.09. The third kappa shape index (κ3) is 9.94. The summed E-state index contributed by atoms with van der Waals surface area (Å²) in [5.41, 5.74) is 8.15. The highest BCUT2D eigenvalue weighted by atomic mass is 35.5. The molecule has 3 N–H and O–H groups in total. The van der Waals surface area contributed by atoms with Crippen molar-refractivity contribution in [2.45, 2.75) is 58.4 Å². The number of fused-ring (bicyclic) bond motifs is 3. The molecule has 0 fully saturated rings. The van der Waals surface area contributed by atoms with Crippen LogP contribution in [0.1, 0.15) is 67.1 Å². The molecule has 1 unspecified atom stereocenters. The molecule has 59 heavy (non-hydrogen) atoms. The molecule has 6 aromatic rings. The van der Waals surface area contributed by atoms with E-state index >= 15 is 0 Å². The lowest BCUT2D eigenvalue weighted by Gasteiger charge is -2.21. The molecular weight excluding hydrogens is 762 g/mol. The molecule has 0 spiro atoms. The summed E-state index contributed by atoms with van der Waals surface area (Å²) in [6.07, 6.45) is -1.73. The Balaban J connectivity index is 1.11. The van der Waals surface area contributed by atoms with E-state index < -0.39 is 29.9 Å². The van der Waals surface area contributed by atoms with Crippen LogP contribution < -0.4 is 20.7 Å². The normalized spacial score (nSPS) is 12.4. The van der Waals surface area contributed by atoms with Gasteiger partial charge in [-0.25, -0.2) is 9.59 Å². The standard InChI is InChI=1S/C49H46ClN3O6/c1-5-45(58-47(55)52-30-43-38-20-11-9-18-36(38)37-19-10-12-21-39(37)43)53-46(54)41-24-22-33(32-15-7-6-8-16-32)27-42(41)40-25-23-34(50)28-44(40)57-35-17-13-14-31(26-35)29-51-48(56)59-49(2,3)4/h6-28,43,45H,5,29-30H2,1-4H3,(H,51,56)(H,52,55)(H,53,54). The highest BCUT2D eigenvalue weighted by molar-refractivity contribution is 6.30. The van der Waals surface area contributed by atoms with Crippen molar-refractivity contribution in [2.24, 2.45) is 0 Å². The topological polar surface area (TPSA) is 115 Å². The first kappa shape index (κ1) is 40.6. The summed E-state index contributed by atoms with van der Waals surface area (Å²) in [4.78, 5) is 39.8. The third-order valence-electron chi connectivity index (χ3n) is 9.89. The van der Waals surface area contributed by atoms with Crippen molar-refractivity contribution in [3.63, 3.8) is 0 Å². The van der Waals surface area contributed by atoms with Crippen LogP contribution in [0.25, 0.3) is 33.4 Å². The lowest BCUT2D eigenvalue weighted by molar-refractivity contribution is 0.0521. The summed E-state index contributed by atoms with van der Waals surface area (Å²) >= 11 is 6.55. The van der Waals surface area contributed by atoms with Crippen LogP contribution in [0.15, 0.2) is 140 Å². The Hall–Kier alpha value is -6.58. The van der Waals surface area contributed by atoms with Gasteiger partial charge in [0.25, 0.3) is 5.91 Å². The number of hydrogen-bond acceptors (Lipinski definition) is 6. The maximum Gasteiger partial charge on any atom is 0.409 e. The summed E-state index contributed by atoms with van der Waals surface area (Å²) < 4.78 is 17.7. The van der Waals surface area contributed by atoms with E-state index in [0.29, 0.717) is 46.2 Å². The van der Waals surface area contributed by atoms with Gasteiger partial charge in [0.2, 0.25) is 0 Å². The number of carbonyl (C=O) groups is 3. The fourth-order valence-corrected chi connectivity index (χ4v) is 7.35. The largest absolute Gasteiger partial charge is 0.457 e. The fraction of sp³-hybridized carbons (Fsp3) is 0.204. The van der Waals surface area contributed by atoms with Crippen molar-refractivity contribution in [3.8, 4) is 44.9 Å². The number of halogens is 1. The number of alkyl carbamates (subject to hydrolysis) is 2. The molecule has 1 aliphatic rings. The van der Waals surface area contributed by atoms with E-state index in [4.69, 9.17) is 25.8 Å². The minimum atomic E-state index is -0.912. The van der Waals surface area contributed by atoms with Crippen LogP contribution in [0, 0.1) is 0 Å². The zero-order valence-corrected chi connectivity index (χ0v) is 34.1. The van der Waals surface area contributed by atoms with Gasteiger partial charge in [0.1, 0.15) is 17.1 Å². The number of amides is 3. The average molecular weight is 808 g/mol. The Bertz CT molecular complexity index is 2440. The first-order chi connectivity index (χ1) is 28.5. The Morgan fingerprint density at radius 1 is 0.678 bits per heavy atom. The first-order valence-electron chi connectivity index (χ1n) is 19.6. The minimum Gasteiger partial charge on any atom is -0.457 e. The quantitative estimate of drug-likeness (QED) is 0.106. The summed E-state index contributed by atoms with van der Waals surface area (Å²) in [6.45, 7) is 7.81. The second-order valence-corrected chi connectivity index (χ2v) is 15.7. The Morgan fingerprint density at radius 2 is 1.37 bits per heavy atom. The van der Waals surface area contributed by atoms with E-state index in [-0.39, 0.29) is 12.5 Å². The Kier molecular flexibility index (Phi) is 12.3. The van der Waals surface area contributed by atoms with Crippen LogP contribution in [0.4, 0.5) is 9.59 Å². The van der Waals surface area contributed by atoms with Crippen molar-refractivity contribution in [1.29, 1.82) is 0 Å². The van der Waals surface area contributed by atoms with Crippen molar-refractivity contribution in [1.82, 2.24) is 16.0 Å². The molecule has 0 radical (unpaired) electrons. The molecule has 10 heteroatoms. The van der Waals surface area contributed by atoms with E-state index in [1.807, 2.05) is 97.9 Å². The van der Waals surface area contributed by atoms with E-state index in [1.165, 1.54) is 0 Å². The van der Waals surface area contributed by atoms with Gasteiger partial charge >= 0.3 is 12.2 Å². The molecule has 1 atom stereocenters. The van der Waals surface area contributed by atoms with Gasteiger partial charge in [-0.2, -0.15) is 0 Å². The van der Waals surface area contributed by atoms with Gasteiger partial charge in [-0.1, -0.05) is 116 Å². The predicted molar refractivity (Wildman–Crippen MR) is 232 cm³/mol. The van der Waals surface area contributed by atoms with E-state index in [0.717, 1.165) is 38.9 Å². The maximum atomic E-state index is 14.2. The van der Waals surface area contributed by atoms with E-state index in [1.54, 1.807) is 45.0 Å². The van der Waals surface area contributed by atoms with E-state index in [2.05, 4.69) is 40.2 Å². The number of benzene rings is 6. The SMILES string of the molecule is CCC(NC(=O)c1ccc(-c2ccccc2)cc1-c1ccc(Cl)cc1Oc1cccc(CNC(=O)OC(C)(C)C)c1)OC(=O)NCC1c2ccccc2-c2ccccc21. The number of nitrogens with one attached hydrogen (secondary N) is 3. The van der Waals surface area contributed by atoms with Crippen molar-refractivity contribution in [2.75, 3.05) is 6.54 Å². The number of hydrogen-bond donors (Lipinski definition) is 3. The summed E-state index contributed by atoms with van der Waals surface area (Å²) in [5.74, 6) is 0.445. The average Bonchev–Trinajstić information content (AvgIpc) is 3.55. The lowest BCUT2D eigenvalue weighted by Crippen LogP contribution is -2.41. The van der Waals surface area contributed by atoms with Gasteiger partial charge in [-0.15, -0.1) is 0 Å². The molecule has 0 aliphatic heterocycles. The molecule has 0 aromatic heterocycles. The van der Waals surface area contributed by atoms with Gasteiger partial charge in [-0.3, -0.25) is 4.79 Å². The van der Waals surface area contributed by atoms with Crippen molar-refractivity contribution >= 4 is 29.7 Å². The van der Waals surface area contributed by atoms with Gasteiger partial charge in [0.05, 0.1) is 0 Å². The number of ether oxygens (including phenoxy) is 3. The zero-order valence-electron chi connectivity index (χ0n) is 33.4. The van der Waals surface area contributed by atoms with Gasteiger partial charge in [0.15, 0.2) is 6.23 Å². The predicted octanol–water partition coefficient (Wildman–Crippen LogP) is 11.5. The third-order valence-corrected chi connectivity index (χ3v) is 10.1. The summed E-state index contributed by atoms with van der Waals surface area (Å²) in [6, 6.07) is 44.4. The number of carbonyl (C=O) groups excluding carboxylic acids is 3. The van der Waals surface area contributed by atoms with Crippen molar-refractivity contribution in [3.05, 3.63) is 167 Å². The Morgan fingerprint density at radius 3 is 2.07 bits per heavy atom. The molecule has 0 saturated carbocycles. The van der Waals surface area contributed by atoms with Gasteiger partial charge in [-0.05, 0) is 102 Å². The zero-order chi connectivity index (χ0) is 41.5. The van der Waals surface area contributed by atoms with E-state index in [9.17, 15) is 14.4 Å². The van der Waals surface area contributed by atoms with Crippen LogP contribution in [0.5, 0.6) is 11.5 Å². The molecule has 0 bridgehead atoms. The van der Waals surface area contributed by atoms with Crippen LogP contribution in [-0.4, -0.2) is 36.5 Å². The maximum absolute atomic E-state index is 14.2. The highest BCUT2D eigenvalue weighted by Gasteiger charge is 2.29. The van der Waals surface area contributed by atoms with Crippen LogP contribution in [-0.2, 0) is 16.0 Å².